The van der Waals surface area contributed by atoms with Crippen molar-refractivity contribution >= 4 is 22.0 Å². The van der Waals surface area contributed by atoms with E-state index in [0.29, 0.717) is 6.61 Å². The van der Waals surface area contributed by atoms with Gasteiger partial charge in [0.2, 0.25) is 0 Å². The van der Waals surface area contributed by atoms with E-state index in [4.69, 9.17) is 4.74 Å². The zero-order chi connectivity index (χ0) is 8.81. The Labute approximate surface area is 81.2 Å². The van der Waals surface area contributed by atoms with Gasteiger partial charge in [-0.2, -0.15) is 0 Å². The zero-order valence-corrected chi connectivity index (χ0v) is 8.54. The molecule has 1 aromatic rings. The first-order valence-electron chi connectivity index (χ1n) is 3.74. The van der Waals surface area contributed by atoms with Crippen molar-refractivity contribution in [2.24, 2.45) is 0 Å². The molecule has 1 nitrogen and oxygen atoms in total. The minimum Gasteiger partial charge on any atom is -0.381 e. The first-order chi connectivity index (χ1) is 5.84. The van der Waals surface area contributed by atoms with Crippen LogP contribution in [-0.2, 0) is 4.74 Å². The molecule has 0 N–H and O–H groups in total. The van der Waals surface area contributed by atoms with Crippen molar-refractivity contribution in [2.75, 3.05) is 13.7 Å². The minimum atomic E-state index is 0.654. The third-order valence-corrected chi connectivity index (χ3v) is 2.19. The van der Waals surface area contributed by atoms with Crippen LogP contribution in [0.1, 0.15) is 5.56 Å². The lowest BCUT2D eigenvalue weighted by molar-refractivity contribution is 0.234. The summed E-state index contributed by atoms with van der Waals surface area (Å²) in [7, 11) is 1.68. The Balaban J connectivity index is 2.68. The van der Waals surface area contributed by atoms with Crippen LogP contribution in [0.15, 0.2) is 34.8 Å². The van der Waals surface area contributed by atoms with Crippen LogP contribution in [0.5, 0.6) is 0 Å². The molecule has 2 heteroatoms. The molecule has 0 aromatic heterocycles. The molecule has 0 atom stereocenters. The third kappa shape index (κ3) is 2.80. The van der Waals surface area contributed by atoms with Gasteiger partial charge >= 0.3 is 0 Å². The molecule has 0 spiro atoms. The van der Waals surface area contributed by atoms with E-state index in [1.807, 2.05) is 30.4 Å². The second-order valence-electron chi connectivity index (χ2n) is 2.38. The highest BCUT2D eigenvalue weighted by molar-refractivity contribution is 9.10. The van der Waals surface area contributed by atoms with Crippen LogP contribution in [0, 0.1) is 0 Å². The molecule has 0 heterocycles. The van der Waals surface area contributed by atoms with Gasteiger partial charge in [0.15, 0.2) is 0 Å². The van der Waals surface area contributed by atoms with E-state index in [1.54, 1.807) is 7.11 Å². The Morgan fingerprint density at radius 2 is 2.17 bits per heavy atom. The number of benzene rings is 1. The number of hydrogen-bond donors (Lipinski definition) is 0. The molecule has 0 radical (unpaired) electrons. The SMILES string of the molecule is COCC=Cc1ccccc1Br. The van der Waals surface area contributed by atoms with Gasteiger partial charge < -0.3 is 4.74 Å². The van der Waals surface area contributed by atoms with Gasteiger partial charge in [-0.15, -0.1) is 0 Å². The summed E-state index contributed by atoms with van der Waals surface area (Å²) in [5.74, 6) is 0. The summed E-state index contributed by atoms with van der Waals surface area (Å²) >= 11 is 3.46. The van der Waals surface area contributed by atoms with Gasteiger partial charge in [-0.3, -0.25) is 0 Å². The Morgan fingerprint density at radius 3 is 2.83 bits per heavy atom. The van der Waals surface area contributed by atoms with Gasteiger partial charge in [0.1, 0.15) is 0 Å². The lowest BCUT2D eigenvalue weighted by atomic mass is 10.2. The molecular weight excluding hydrogens is 216 g/mol. The number of methoxy groups -OCH3 is 1. The highest BCUT2D eigenvalue weighted by atomic mass is 79.9. The molecular formula is C10H11BrO. The first-order valence-corrected chi connectivity index (χ1v) is 4.54. The van der Waals surface area contributed by atoms with Crippen molar-refractivity contribution < 1.29 is 4.74 Å². The fraction of sp³-hybridized carbons (Fsp3) is 0.200. The molecule has 1 aromatic carbocycles. The lowest BCUT2D eigenvalue weighted by Gasteiger charge is -1.96. The summed E-state index contributed by atoms with van der Waals surface area (Å²) in [5, 5.41) is 0. The topological polar surface area (TPSA) is 9.23 Å². The number of rotatable bonds is 3. The molecule has 0 fully saturated rings. The van der Waals surface area contributed by atoms with Crippen molar-refractivity contribution in [1.82, 2.24) is 0 Å². The minimum absolute atomic E-state index is 0.654. The van der Waals surface area contributed by atoms with Crippen molar-refractivity contribution in [3.63, 3.8) is 0 Å². The Morgan fingerprint density at radius 1 is 1.42 bits per heavy atom. The molecule has 12 heavy (non-hydrogen) atoms. The highest BCUT2D eigenvalue weighted by Gasteiger charge is 1.90. The Hall–Kier alpha value is -0.600. The predicted molar refractivity (Wildman–Crippen MR) is 55.1 cm³/mol. The summed E-state index contributed by atoms with van der Waals surface area (Å²) in [6, 6.07) is 8.08. The molecule has 0 amide bonds. The third-order valence-electron chi connectivity index (χ3n) is 1.47. The van der Waals surface area contributed by atoms with Crippen molar-refractivity contribution in [1.29, 1.82) is 0 Å². The van der Waals surface area contributed by atoms with Gasteiger partial charge in [-0.1, -0.05) is 46.3 Å². The van der Waals surface area contributed by atoms with Gasteiger partial charge in [0, 0.05) is 11.6 Å². The van der Waals surface area contributed by atoms with Crippen molar-refractivity contribution in [2.45, 2.75) is 0 Å². The van der Waals surface area contributed by atoms with E-state index in [-0.39, 0.29) is 0 Å². The van der Waals surface area contributed by atoms with Crippen LogP contribution in [0.4, 0.5) is 0 Å². The zero-order valence-electron chi connectivity index (χ0n) is 6.96. The standard InChI is InChI=1S/C10H11BrO/c1-12-8-4-6-9-5-2-3-7-10(9)11/h2-7H,8H2,1H3. The summed E-state index contributed by atoms with van der Waals surface area (Å²) in [4.78, 5) is 0. The van der Waals surface area contributed by atoms with E-state index in [1.165, 1.54) is 5.56 Å². The smallest absolute Gasteiger partial charge is 0.0646 e. The average Bonchev–Trinajstić information content (AvgIpc) is 2.09. The molecule has 0 aliphatic rings. The summed E-state index contributed by atoms with van der Waals surface area (Å²) in [6.07, 6.45) is 4.02. The average molecular weight is 227 g/mol. The maximum Gasteiger partial charge on any atom is 0.0646 e. The van der Waals surface area contributed by atoms with Crippen LogP contribution < -0.4 is 0 Å². The summed E-state index contributed by atoms with van der Waals surface area (Å²) in [6.45, 7) is 0.654. The van der Waals surface area contributed by atoms with E-state index < -0.39 is 0 Å². The fourth-order valence-electron chi connectivity index (χ4n) is 0.882. The summed E-state index contributed by atoms with van der Waals surface area (Å²) in [5.41, 5.74) is 1.18. The molecule has 64 valence electrons. The summed E-state index contributed by atoms with van der Waals surface area (Å²) < 4.78 is 6.01. The first kappa shape index (κ1) is 9.49. The van der Waals surface area contributed by atoms with E-state index in [0.717, 1.165) is 4.47 Å². The Kier molecular flexibility index (Phi) is 4.05. The highest BCUT2D eigenvalue weighted by Crippen LogP contribution is 2.16. The van der Waals surface area contributed by atoms with E-state index in [9.17, 15) is 0 Å². The van der Waals surface area contributed by atoms with Crippen molar-refractivity contribution in [3.8, 4) is 0 Å². The Bertz CT molecular complexity index is 268. The molecule has 1 rings (SSSR count). The maximum absolute atomic E-state index is 4.90. The normalized spacial score (nSPS) is 10.8. The number of hydrogen-bond acceptors (Lipinski definition) is 1. The second-order valence-corrected chi connectivity index (χ2v) is 3.23. The quantitative estimate of drug-likeness (QED) is 0.770. The molecule has 0 aliphatic heterocycles. The van der Waals surface area contributed by atoms with Gasteiger partial charge in [0.05, 0.1) is 6.61 Å². The maximum atomic E-state index is 4.90. The van der Waals surface area contributed by atoms with Gasteiger partial charge in [-0.05, 0) is 11.6 Å². The van der Waals surface area contributed by atoms with Gasteiger partial charge in [0.25, 0.3) is 0 Å². The predicted octanol–water partition coefficient (Wildman–Crippen LogP) is 3.11. The molecule has 0 saturated carbocycles. The van der Waals surface area contributed by atoms with Crippen LogP contribution in [0.25, 0.3) is 6.08 Å². The number of ether oxygens (including phenoxy) is 1. The molecule has 0 aliphatic carbocycles. The lowest BCUT2D eigenvalue weighted by Crippen LogP contribution is -1.80. The largest absolute Gasteiger partial charge is 0.381 e. The molecule has 0 unspecified atom stereocenters. The van der Waals surface area contributed by atoms with Crippen LogP contribution in [0.3, 0.4) is 0 Å². The van der Waals surface area contributed by atoms with Gasteiger partial charge in [-0.25, -0.2) is 0 Å². The fourth-order valence-corrected chi connectivity index (χ4v) is 1.30. The van der Waals surface area contributed by atoms with Crippen LogP contribution in [-0.4, -0.2) is 13.7 Å². The molecule has 0 bridgehead atoms. The second kappa shape index (κ2) is 5.12. The van der Waals surface area contributed by atoms with Crippen LogP contribution >= 0.6 is 15.9 Å². The molecule has 0 saturated heterocycles. The van der Waals surface area contributed by atoms with Crippen molar-refractivity contribution in [3.05, 3.63) is 40.4 Å². The monoisotopic (exact) mass is 226 g/mol. The van der Waals surface area contributed by atoms with E-state index in [2.05, 4.69) is 22.0 Å². The number of halogens is 1. The van der Waals surface area contributed by atoms with E-state index >= 15 is 0 Å². The van der Waals surface area contributed by atoms with Crippen LogP contribution in [0.2, 0.25) is 0 Å².